The molecule has 1 aromatic heterocycles. The van der Waals surface area contributed by atoms with Crippen LogP contribution in [-0.4, -0.2) is 21.9 Å². The summed E-state index contributed by atoms with van der Waals surface area (Å²) >= 11 is 1.24. The molecule has 2 amide bonds. The Hall–Kier alpha value is -2.25. The summed E-state index contributed by atoms with van der Waals surface area (Å²) in [5.41, 5.74) is 2.57. The summed E-state index contributed by atoms with van der Waals surface area (Å²) in [6.45, 7) is 1.76. The molecule has 0 atom stereocenters. The Morgan fingerprint density at radius 1 is 1.28 bits per heavy atom. The summed E-state index contributed by atoms with van der Waals surface area (Å²) in [5, 5.41) is 16.5. The van der Waals surface area contributed by atoms with Gasteiger partial charge in [-0.3, -0.25) is 10.1 Å². The summed E-state index contributed by atoms with van der Waals surface area (Å²) in [6.07, 6.45) is 4.01. The van der Waals surface area contributed by atoms with Gasteiger partial charge in [-0.2, -0.15) is 0 Å². The number of carbonyl (C=O) groups is 2. The predicted octanol–water partition coefficient (Wildman–Crippen LogP) is 3.96. The molecule has 1 aliphatic rings. The molecule has 1 heterocycles. The molecule has 6 nitrogen and oxygen atoms in total. The number of hydrogen-bond acceptors (Lipinski definition) is 5. The average Bonchev–Trinajstić information content (AvgIpc) is 3.27. The average molecular weight is 359 g/mol. The number of benzene rings is 1. The van der Waals surface area contributed by atoms with Crippen LogP contribution in [0.1, 0.15) is 47.3 Å². The molecular weight excluding hydrogens is 338 g/mol. The number of thiazole rings is 1. The molecule has 0 unspecified atom stereocenters. The number of aliphatic hydroxyl groups is 1. The van der Waals surface area contributed by atoms with Crippen LogP contribution in [0.25, 0.3) is 0 Å². The van der Waals surface area contributed by atoms with Gasteiger partial charge < -0.3 is 10.4 Å². The number of amides is 2. The zero-order chi connectivity index (χ0) is 17.8. The highest BCUT2D eigenvalue weighted by Crippen LogP contribution is 2.31. The molecule has 0 bridgehead atoms. The van der Waals surface area contributed by atoms with Crippen molar-refractivity contribution in [1.29, 1.82) is 0 Å². The Kier molecular flexibility index (Phi) is 5.45. The number of rotatable bonds is 5. The third-order valence-corrected chi connectivity index (χ3v) is 5.16. The van der Waals surface area contributed by atoms with Crippen LogP contribution in [0.15, 0.2) is 23.6 Å². The van der Waals surface area contributed by atoms with E-state index in [0.717, 1.165) is 31.2 Å². The maximum absolute atomic E-state index is 12.8. The van der Waals surface area contributed by atoms with Crippen LogP contribution in [0.2, 0.25) is 0 Å². The highest BCUT2D eigenvalue weighted by molar-refractivity contribution is 7.13. The lowest BCUT2D eigenvalue weighted by atomic mass is 9.94. The van der Waals surface area contributed by atoms with Crippen molar-refractivity contribution in [2.24, 2.45) is 5.92 Å². The van der Waals surface area contributed by atoms with Crippen molar-refractivity contribution in [2.75, 3.05) is 10.6 Å². The van der Waals surface area contributed by atoms with Gasteiger partial charge in [-0.05, 0) is 31.9 Å². The first-order valence-electron chi connectivity index (χ1n) is 8.35. The third-order valence-electron chi connectivity index (χ3n) is 4.35. The topological polar surface area (TPSA) is 91.3 Å². The molecule has 7 heteroatoms. The predicted molar refractivity (Wildman–Crippen MR) is 98.1 cm³/mol. The molecule has 1 fully saturated rings. The van der Waals surface area contributed by atoms with Crippen molar-refractivity contribution in [1.82, 2.24) is 4.98 Å². The second kappa shape index (κ2) is 7.76. The largest absolute Gasteiger partial charge is 0.390 e. The van der Waals surface area contributed by atoms with E-state index in [1.54, 1.807) is 11.4 Å². The number of carbonyl (C=O) groups excluding carboxylic acids is 2. The van der Waals surface area contributed by atoms with E-state index in [9.17, 15) is 9.59 Å². The molecule has 0 spiro atoms. The third kappa shape index (κ3) is 4.24. The van der Waals surface area contributed by atoms with E-state index in [1.165, 1.54) is 11.3 Å². The van der Waals surface area contributed by atoms with Gasteiger partial charge in [0, 0.05) is 16.9 Å². The van der Waals surface area contributed by atoms with Gasteiger partial charge >= 0.3 is 6.03 Å². The van der Waals surface area contributed by atoms with Gasteiger partial charge in [0.25, 0.3) is 0 Å². The van der Waals surface area contributed by atoms with Crippen LogP contribution >= 0.6 is 11.3 Å². The number of nitrogens with zero attached hydrogens (tertiary/aromatic N) is 1. The minimum atomic E-state index is -0.455. The summed E-state index contributed by atoms with van der Waals surface area (Å²) < 4.78 is 0. The van der Waals surface area contributed by atoms with Crippen molar-refractivity contribution >= 4 is 34.0 Å². The van der Waals surface area contributed by atoms with Crippen molar-refractivity contribution in [3.05, 3.63) is 40.4 Å². The number of ketones is 1. The molecule has 0 saturated heterocycles. The number of aliphatic hydroxyl groups excluding tert-OH is 1. The summed E-state index contributed by atoms with van der Waals surface area (Å²) in [4.78, 5) is 29.1. The SMILES string of the molecule is Cc1ccc(NC(=O)Nc2nc(CO)cs2)c(C(=O)C2CCCC2)c1. The maximum Gasteiger partial charge on any atom is 0.325 e. The number of Topliss-reactive ketones (excluding diaryl/α,β-unsaturated/α-hetero) is 1. The summed E-state index contributed by atoms with van der Waals surface area (Å²) in [5.74, 6) is 0.157. The minimum Gasteiger partial charge on any atom is -0.390 e. The monoisotopic (exact) mass is 359 g/mol. The lowest BCUT2D eigenvalue weighted by Gasteiger charge is -2.14. The van der Waals surface area contributed by atoms with E-state index in [0.29, 0.717) is 22.1 Å². The smallest absolute Gasteiger partial charge is 0.325 e. The van der Waals surface area contributed by atoms with E-state index in [2.05, 4.69) is 15.6 Å². The van der Waals surface area contributed by atoms with Crippen molar-refractivity contribution in [3.63, 3.8) is 0 Å². The van der Waals surface area contributed by atoms with Crippen LogP contribution in [-0.2, 0) is 6.61 Å². The zero-order valence-electron chi connectivity index (χ0n) is 14.0. The molecule has 0 aliphatic heterocycles. The Labute approximate surface area is 150 Å². The highest BCUT2D eigenvalue weighted by atomic mass is 32.1. The normalized spacial score (nSPS) is 14.5. The molecule has 1 aliphatic carbocycles. The van der Waals surface area contributed by atoms with E-state index in [-0.39, 0.29) is 18.3 Å². The quantitative estimate of drug-likeness (QED) is 0.705. The van der Waals surface area contributed by atoms with Crippen LogP contribution < -0.4 is 10.6 Å². The van der Waals surface area contributed by atoms with Crippen molar-refractivity contribution in [2.45, 2.75) is 39.2 Å². The lowest BCUT2D eigenvalue weighted by Crippen LogP contribution is -2.22. The van der Waals surface area contributed by atoms with Gasteiger partial charge in [0.05, 0.1) is 18.0 Å². The Morgan fingerprint density at radius 3 is 2.72 bits per heavy atom. The molecule has 0 radical (unpaired) electrons. The first kappa shape index (κ1) is 17.6. The van der Waals surface area contributed by atoms with Crippen molar-refractivity contribution in [3.8, 4) is 0 Å². The number of anilines is 2. The Morgan fingerprint density at radius 2 is 2.04 bits per heavy atom. The second-order valence-electron chi connectivity index (χ2n) is 6.28. The first-order valence-corrected chi connectivity index (χ1v) is 9.23. The number of aryl methyl sites for hydroxylation is 1. The molecule has 1 aromatic carbocycles. The molecule has 25 heavy (non-hydrogen) atoms. The van der Waals surface area contributed by atoms with E-state index < -0.39 is 6.03 Å². The Balaban J connectivity index is 1.74. The van der Waals surface area contributed by atoms with Crippen LogP contribution in [0, 0.1) is 12.8 Å². The Bertz CT molecular complexity index is 782. The molecule has 2 aromatic rings. The fourth-order valence-corrected chi connectivity index (χ4v) is 3.76. The maximum atomic E-state index is 12.8. The first-order chi connectivity index (χ1) is 12.1. The van der Waals surface area contributed by atoms with Gasteiger partial charge in [-0.1, -0.05) is 24.5 Å². The zero-order valence-corrected chi connectivity index (χ0v) is 14.9. The van der Waals surface area contributed by atoms with E-state index in [1.807, 2.05) is 19.1 Å². The highest BCUT2D eigenvalue weighted by Gasteiger charge is 2.26. The molecule has 3 rings (SSSR count). The lowest BCUT2D eigenvalue weighted by molar-refractivity contribution is 0.0923. The molecule has 1 saturated carbocycles. The fourth-order valence-electron chi connectivity index (χ4n) is 3.07. The van der Waals surface area contributed by atoms with Crippen LogP contribution in [0.5, 0.6) is 0 Å². The standard InChI is InChI=1S/C18H21N3O3S/c1-11-6-7-15(14(8-11)16(23)12-4-2-3-5-12)20-17(24)21-18-19-13(9-22)10-25-18/h6-8,10,12,22H,2-5,9H2,1H3,(H2,19,20,21,24). The van der Waals surface area contributed by atoms with E-state index in [4.69, 9.17) is 5.11 Å². The minimum absolute atomic E-state index is 0.0523. The fraction of sp³-hybridized carbons (Fsp3) is 0.389. The van der Waals surface area contributed by atoms with Gasteiger partial charge in [0.1, 0.15) is 0 Å². The van der Waals surface area contributed by atoms with Gasteiger partial charge in [0.2, 0.25) is 0 Å². The number of hydrogen-bond donors (Lipinski definition) is 3. The van der Waals surface area contributed by atoms with Gasteiger partial charge in [0.15, 0.2) is 10.9 Å². The molecule has 132 valence electrons. The number of aromatic nitrogens is 1. The number of nitrogens with one attached hydrogen (secondary N) is 2. The van der Waals surface area contributed by atoms with Crippen LogP contribution in [0.3, 0.4) is 0 Å². The summed E-state index contributed by atoms with van der Waals surface area (Å²) in [6, 6.07) is 5.01. The summed E-state index contributed by atoms with van der Waals surface area (Å²) in [7, 11) is 0. The van der Waals surface area contributed by atoms with Crippen molar-refractivity contribution < 1.29 is 14.7 Å². The number of urea groups is 1. The second-order valence-corrected chi connectivity index (χ2v) is 7.13. The van der Waals surface area contributed by atoms with Crippen LogP contribution in [0.4, 0.5) is 15.6 Å². The van der Waals surface area contributed by atoms with Gasteiger partial charge in [-0.25, -0.2) is 9.78 Å². The molecule has 3 N–H and O–H groups in total. The van der Waals surface area contributed by atoms with E-state index >= 15 is 0 Å². The molecular formula is C18H21N3O3S. The van der Waals surface area contributed by atoms with Gasteiger partial charge in [-0.15, -0.1) is 11.3 Å².